The lowest BCUT2D eigenvalue weighted by Gasteiger charge is -2.26. The van der Waals surface area contributed by atoms with Crippen LogP contribution < -0.4 is 15.8 Å². The summed E-state index contributed by atoms with van der Waals surface area (Å²) in [6.07, 6.45) is 0. The molecule has 0 radical (unpaired) electrons. The second-order valence-electron chi connectivity index (χ2n) is 7.79. The van der Waals surface area contributed by atoms with Crippen molar-refractivity contribution >= 4 is 21.6 Å². The van der Waals surface area contributed by atoms with Crippen molar-refractivity contribution in [1.82, 2.24) is 4.72 Å². The molecule has 0 aliphatic rings. The van der Waals surface area contributed by atoms with E-state index < -0.39 is 22.1 Å². The van der Waals surface area contributed by atoms with Gasteiger partial charge in [-0.2, -0.15) is 0 Å². The Morgan fingerprint density at radius 3 is 1.74 bits per heavy atom. The molecule has 0 aromatic heterocycles. The summed E-state index contributed by atoms with van der Waals surface area (Å²) >= 11 is 0. The molecule has 1 amide bonds. The maximum absolute atomic E-state index is 13.3. The molecule has 0 unspecified atom stereocenters. The summed E-state index contributed by atoms with van der Waals surface area (Å²) in [4.78, 5) is 12.4. The van der Waals surface area contributed by atoms with E-state index in [0.29, 0.717) is 11.3 Å². The van der Waals surface area contributed by atoms with Gasteiger partial charge in [-0.1, -0.05) is 78.9 Å². The van der Waals surface area contributed by atoms with Crippen molar-refractivity contribution in [1.29, 1.82) is 0 Å². The molecule has 34 heavy (non-hydrogen) atoms. The summed E-state index contributed by atoms with van der Waals surface area (Å²) in [7, 11) is -3.90. The second-order valence-corrected chi connectivity index (χ2v) is 9.50. The first-order valence-corrected chi connectivity index (χ1v) is 12.3. The molecule has 6 nitrogen and oxygen atoms in total. The van der Waals surface area contributed by atoms with Crippen LogP contribution in [0.4, 0.5) is 5.69 Å². The van der Waals surface area contributed by atoms with Gasteiger partial charge in [-0.3, -0.25) is 4.79 Å². The van der Waals surface area contributed by atoms with Crippen molar-refractivity contribution in [3.8, 4) is 0 Å². The van der Waals surface area contributed by atoms with Crippen LogP contribution in [-0.2, 0) is 10.0 Å². The molecule has 0 fully saturated rings. The van der Waals surface area contributed by atoms with Crippen LogP contribution in [-0.4, -0.2) is 14.3 Å². The standard InChI is InChI=1S/C27H25N3O3S/c28-25(20-10-4-1-5-11-20)26(21-12-6-2-7-13-21)30-34(32,33)24-18-16-23(17-19-24)29-27(31)22-14-8-3-9-15-22/h1-19,25-26,30H,28H2,(H,29,31)/t25-,26-/m0/s1. The highest BCUT2D eigenvalue weighted by molar-refractivity contribution is 7.89. The zero-order valence-corrected chi connectivity index (χ0v) is 19.2. The third-order valence-corrected chi connectivity index (χ3v) is 6.90. The number of carbonyl (C=O) groups excluding carboxylic acids is 1. The first-order chi connectivity index (χ1) is 16.4. The summed E-state index contributed by atoms with van der Waals surface area (Å²) in [5.74, 6) is -0.271. The van der Waals surface area contributed by atoms with Crippen LogP contribution in [0, 0.1) is 0 Å². The lowest BCUT2D eigenvalue weighted by molar-refractivity contribution is 0.102. The summed E-state index contributed by atoms with van der Waals surface area (Å²) in [5, 5.41) is 2.77. The number of benzene rings is 4. The van der Waals surface area contributed by atoms with Crippen molar-refractivity contribution in [3.63, 3.8) is 0 Å². The van der Waals surface area contributed by atoms with E-state index >= 15 is 0 Å². The fraction of sp³-hybridized carbons (Fsp3) is 0.0741. The summed E-state index contributed by atoms with van der Waals surface area (Å²) < 4.78 is 29.3. The molecule has 4 rings (SSSR count). The highest BCUT2D eigenvalue weighted by Crippen LogP contribution is 2.29. The van der Waals surface area contributed by atoms with E-state index in [-0.39, 0.29) is 10.8 Å². The molecule has 4 N–H and O–H groups in total. The average Bonchev–Trinajstić information content (AvgIpc) is 2.89. The first kappa shape index (κ1) is 23.4. The minimum atomic E-state index is -3.90. The van der Waals surface area contributed by atoms with Gasteiger partial charge in [0.1, 0.15) is 0 Å². The van der Waals surface area contributed by atoms with E-state index in [0.717, 1.165) is 11.1 Å². The van der Waals surface area contributed by atoms with Crippen molar-refractivity contribution in [2.45, 2.75) is 17.0 Å². The number of amides is 1. The van der Waals surface area contributed by atoms with Crippen LogP contribution in [0.5, 0.6) is 0 Å². The van der Waals surface area contributed by atoms with Gasteiger partial charge in [0.15, 0.2) is 0 Å². The fourth-order valence-corrected chi connectivity index (χ4v) is 4.87. The van der Waals surface area contributed by atoms with Gasteiger partial charge in [-0.15, -0.1) is 0 Å². The molecule has 2 atom stereocenters. The maximum Gasteiger partial charge on any atom is 0.255 e. The van der Waals surface area contributed by atoms with E-state index in [1.165, 1.54) is 12.1 Å². The van der Waals surface area contributed by atoms with Crippen molar-refractivity contribution in [2.24, 2.45) is 5.73 Å². The Morgan fingerprint density at radius 2 is 1.18 bits per heavy atom. The van der Waals surface area contributed by atoms with Gasteiger partial charge >= 0.3 is 0 Å². The average molecular weight is 472 g/mol. The van der Waals surface area contributed by atoms with Gasteiger partial charge in [-0.25, -0.2) is 13.1 Å². The van der Waals surface area contributed by atoms with Crippen LogP contribution >= 0.6 is 0 Å². The van der Waals surface area contributed by atoms with Gasteiger partial charge in [0, 0.05) is 11.3 Å². The van der Waals surface area contributed by atoms with E-state index in [9.17, 15) is 13.2 Å². The molecular weight excluding hydrogens is 446 g/mol. The summed E-state index contributed by atoms with van der Waals surface area (Å²) in [6.45, 7) is 0. The zero-order chi connectivity index (χ0) is 24.0. The molecule has 0 heterocycles. The van der Waals surface area contributed by atoms with Crippen LogP contribution in [0.3, 0.4) is 0 Å². The molecule has 0 aliphatic carbocycles. The molecule has 4 aromatic rings. The number of nitrogens with one attached hydrogen (secondary N) is 2. The minimum Gasteiger partial charge on any atom is -0.322 e. The Bertz CT molecular complexity index is 1330. The normalized spacial score (nSPS) is 13.1. The minimum absolute atomic E-state index is 0.0754. The third kappa shape index (κ3) is 5.58. The van der Waals surface area contributed by atoms with E-state index in [2.05, 4.69) is 10.0 Å². The highest BCUT2D eigenvalue weighted by atomic mass is 32.2. The Balaban J connectivity index is 1.55. The Labute approximate surface area is 199 Å². The molecule has 0 aliphatic heterocycles. The number of hydrogen-bond donors (Lipinski definition) is 3. The number of sulfonamides is 1. The highest BCUT2D eigenvalue weighted by Gasteiger charge is 2.27. The van der Waals surface area contributed by atoms with Crippen LogP contribution in [0.25, 0.3) is 0 Å². The monoisotopic (exact) mass is 471 g/mol. The predicted octanol–water partition coefficient (Wildman–Crippen LogP) is 4.66. The maximum atomic E-state index is 13.3. The van der Waals surface area contributed by atoms with Gasteiger partial charge in [0.2, 0.25) is 10.0 Å². The van der Waals surface area contributed by atoms with Gasteiger partial charge < -0.3 is 11.1 Å². The van der Waals surface area contributed by atoms with Gasteiger partial charge in [0.25, 0.3) is 5.91 Å². The Kier molecular flexibility index (Phi) is 7.18. The SMILES string of the molecule is N[C@@H](c1ccccc1)[C@@H](NS(=O)(=O)c1ccc(NC(=O)c2ccccc2)cc1)c1ccccc1. The molecule has 7 heteroatoms. The fourth-order valence-electron chi connectivity index (χ4n) is 3.62. The number of nitrogens with two attached hydrogens (primary N) is 1. The van der Waals surface area contributed by atoms with E-state index in [4.69, 9.17) is 5.73 Å². The first-order valence-electron chi connectivity index (χ1n) is 10.8. The second kappa shape index (κ2) is 10.4. The van der Waals surface area contributed by atoms with E-state index in [1.807, 2.05) is 66.7 Å². The predicted molar refractivity (Wildman–Crippen MR) is 134 cm³/mol. The van der Waals surface area contributed by atoms with Crippen LogP contribution in [0.2, 0.25) is 0 Å². The van der Waals surface area contributed by atoms with Crippen LogP contribution in [0.1, 0.15) is 33.6 Å². The Hall–Kier alpha value is -3.78. The quantitative estimate of drug-likeness (QED) is 0.348. The van der Waals surface area contributed by atoms with Crippen molar-refractivity contribution in [2.75, 3.05) is 5.32 Å². The molecule has 4 aromatic carbocycles. The Morgan fingerprint density at radius 1 is 0.676 bits per heavy atom. The van der Waals surface area contributed by atoms with Gasteiger partial charge in [-0.05, 0) is 47.5 Å². The molecule has 0 spiro atoms. The lowest BCUT2D eigenvalue weighted by atomic mass is 9.95. The van der Waals surface area contributed by atoms with E-state index in [1.54, 1.807) is 36.4 Å². The molecular formula is C27H25N3O3S. The number of rotatable bonds is 8. The largest absolute Gasteiger partial charge is 0.322 e. The van der Waals surface area contributed by atoms with Crippen molar-refractivity contribution in [3.05, 3.63) is 132 Å². The summed E-state index contributed by atoms with van der Waals surface area (Å²) in [5.41, 5.74) is 9.10. The molecule has 0 saturated carbocycles. The summed E-state index contributed by atoms with van der Waals surface area (Å²) in [6, 6.07) is 32.2. The van der Waals surface area contributed by atoms with Crippen molar-refractivity contribution < 1.29 is 13.2 Å². The topological polar surface area (TPSA) is 101 Å². The van der Waals surface area contributed by atoms with Gasteiger partial charge in [0.05, 0.1) is 17.0 Å². The van der Waals surface area contributed by atoms with Crippen LogP contribution in [0.15, 0.2) is 120 Å². The number of anilines is 1. The zero-order valence-electron chi connectivity index (χ0n) is 18.3. The third-order valence-electron chi connectivity index (χ3n) is 5.44. The number of carbonyl (C=O) groups is 1. The molecule has 172 valence electrons. The smallest absolute Gasteiger partial charge is 0.255 e. The molecule has 0 bridgehead atoms. The number of hydrogen-bond acceptors (Lipinski definition) is 4. The molecule has 0 saturated heterocycles. The lowest BCUT2D eigenvalue weighted by Crippen LogP contribution is -2.36.